The number of thiophene rings is 1. The zero-order valence-electron chi connectivity index (χ0n) is 13.1. The van der Waals surface area contributed by atoms with Crippen molar-refractivity contribution in [2.75, 3.05) is 26.9 Å². The third-order valence-corrected chi connectivity index (χ3v) is 4.13. The van der Waals surface area contributed by atoms with Crippen LogP contribution in [0.4, 0.5) is 0 Å². The highest BCUT2D eigenvalue weighted by Gasteiger charge is 2.21. The Kier molecular flexibility index (Phi) is 7.44. The molecule has 0 aliphatic carbocycles. The van der Waals surface area contributed by atoms with E-state index in [1.54, 1.807) is 12.0 Å². The largest absolute Gasteiger partial charge is 0.395 e. The van der Waals surface area contributed by atoms with Crippen molar-refractivity contribution in [2.45, 2.75) is 33.2 Å². The molecule has 0 bridgehead atoms. The van der Waals surface area contributed by atoms with E-state index < -0.39 is 0 Å². The average molecular weight is 309 g/mol. The van der Waals surface area contributed by atoms with Gasteiger partial charge in [-0.05, 0) is 32.4 Å². The normalized spacial score (nSPS) is 10.4. The van der Waals surface area contributed by atoms with E-state index in [9.17, 15) is 4.79 Å². The maximum atomic E-state index is 12.6. The number of amides is 1. The fraction of sp³-hybridized carbons (Fsp3) is 0.562. The van der Waals surface area contributed by atoms with E-state index >= 15 is 0 Å². The van der Waals surface area contributed by atoms with Crippen molar-refractivity contribution in [1.82, 2.24) is 4.90 Å². The molecule has 0 aliphatic rings. The summed E-state index contributed by atoms with van der Waals surface area (Å²) in [6.07, 6.45) is 0.451. The molecule has 0 fully saturated rings. The molecule has 0 spiro atoms. The van der Waals surface area contributed by atoms with E-state index in [2.05, 4.69) is 11.8 Å². The number of aliphatic hydroxyl groups is 1. The van der Waals surface area contributed by atoms with E-state index in [0.29, 0.717) is 24.4 Å². The van der Waals surface area contributed by atoms with Crippen LogP contribution in [0.3, 0.4) is 0 Å². The van der Waals surface area contributed by atoms with Crippen LogP contribution in [0.25, 0.3) is 0 Å². The van der Waals surface area contributed by atoms with Crippen LogP contribution in [-0.2, 0) is 4.74 Å². The van der Waals surface area contributed by atoms with E-state index in [-0.39, 0.29) is 18.6 Å². The summed E-state index contributed by atoms with van der Waals surface area (Å²) in [7, 11) is 1.63. The minimum atomic E-state index is 0.0189. The number of hydrogen-bond donors (Lipinski definition) is 1. The van der Waals surface area contributed by atoms with Crippen molar-refractivity contribution in [3.8, 4) is 11.8 Å². The highest BCUT2D eigenvalue weighted by atomic mass is 32.1. The molecule has 0 radical (unpaired) electrons. The molecule has 0 saturated heterocycles. The first-order chi connectivity index (χ1) is 10.0. The van der Waals surface area contributed by atoms with Crippen molar-refractivity contribution >= 4 is 17.2 Å². The summed E-state index contributed by atoms with van der Waals surface area (Å²) in [5.41, 5.74) is 1.00. The number of rotatable bonds is 6. The number of carbonyl (C=O) groups excluding carboxylic acids is 1. The number of ether oxygens (including phenoxy) is 1. The van der Waals surface area contributed by atoms with Gasteiger partial charge in [-0.1, -0.05) is 11.8 Å². The Morgan fingerprint density at radius 1 is 1.52 bits per heavy atom. The SMILES string of the molecule is COCCN(C(=O)c1cc(C)c(C#CCCO)s1)C(C)C. The summed E-state index contributed by atoms with van der Waals surface area (Å²) >= 11 is 1.41. The molecule has 1 heterocycles. The first-order valence-corrected chi connectivity index (χ1v) is 7.83. The molecule has 1 amide bonds. The topological polar surface area (TPSA) is 49.8 Å². The Hall–Kier alpha value is -1.35. The molecule has 4 nitrogen and oxygen atoms in total. The van der Waals surface area contributed by atoms with Crippen LogP contribution in [-0.4, -0.2) is 48.8 Å². The molecule has 0 atom stereocenters. The number of carbonyl (C=O) groups is 1. The van der Waals surface area contributed by atoms with Gasteiger partial charge in [-0.25, -0.2) is 0 Å². The van der Waals surface area contributed by atoms with Crippen LogP contribution in [0.5, 0.6) is 0 Å². The summed E-state index contributed by atoms with van der Waals surface area (Å²) in [6, 6.07) is 2.01. The maximum absolute atomic E-state index is 12.6. The van der Waals surface area contributed by atoms with Gasteiger partial charge in [0, 0.05) is 26.1 Å². The molecule has 21 heavy (non-hydrogen) atoms. The molecule has 0 unspecified atom stereocenters. The average Bonchev–Trinajstić information content (AvgIpc) is 2.80. The van der Waals surface area contributed by atoms with Crippen molar-refractivity contribution < 1.29 is 14.6 Å². The summed E-state index contributed by atoms with van der Waals surface area (Å²) < 4.78 is 5.07. The molecule has 1 N–H and O–H groups in total. The van der Waals surface area contributed by atoms with Crippen molar-refractivity contribution in [3.63, 3.8) is 0 Å². The Bertz CT molecular complexity index is 525. The minimum Gasteiger partial charge on any atom is -0.395 e. The molecule has 5 heteroatoms. The molecule has 0 aromatic carbocycles. The van der Waals surface area contributed by atoms with E-state index in [1.165, 1.54) is 11.3 Å². The predicted molar refractivity (Wildman–Crippen MR) is 85.7 cm³/mol. The van der Waals surface area contributed by atoms with Gasteiger partial charge in [0.25, 0.3) is 5.91 Å². The highest BCUT2D eigenvalue weighted by Crippen LogP contribution is 2.23. The number of aryl methyl sites for hydroxylation is 1. The molecular weight excluding hydrogens is 286 g/mol. The second-order valence-electron chi connectivity index (χ2n) is 4.98. The van der Waals surface area contributed by atoms with Gasteiger partial charge in [0.05, 0.1) is 23.0 Å². The Morgan fingerprint density at radius 3 is 2.81 bits per heavy atom. The first-order valence-electron chi connectivity index (χ1n) is 7.01. The summed E-state index contributed by atoms with van der Waals surface area (Å²) in [6.45, 7) is 7.10. The highest BCUT2D eigenvalue weighted by molar-refractivity contribution is 7.14. The first kappa shape index (κ1) is 17.7. The van der Waals surface area contributed by atoms with Crippen LogP contribution in [0.15, 0.2) is 6.07 Å². The van der Waals surface area contributed by atoms with Crippen LogP contribution in [0.1, 0.15) is 40.4 Å². The lowest BCUT2D eigenvalue weighted by atomic mass is 10.2. The van der Waals surface area contributed by atoms with Crippen LogP contribution in [0, 0.1) is 18.8 Å². The van der Waals surface area contributed by atoms with Crippen molar-refractivity contribution in [2.24, 2.45) is 0 Å². The zero-order chi connectivity index (χ0) is 15.8. The minimum absolute atomic E-state index is 0.0189. The predicted octanol–water partition coefficient (Wildman–Crippen LogP) is 2.29. The third-order valence-electron chi connectivity index (χ3n) is 2.99. The molecule has 116 valence electrons. The zero-order valence-corrected chi connectivity index (χ0v) is 13.9. The second-order valence-corrected chi connectivity index (χ2v) is 6.04. The van der Waals surface area contributed by atoms with Gasteiger partial charge in [0.2, 0.25) is 0 Å². The number of hydrogen-bond acceptors (Lipinski definition) is 4. The smallest absolute Gasteiger partial charge is 0.264 e. The van der Waals surface area contributed by atoms with Gasteiger partial charge in [-0.3, -0.25) is 4.79 Å². The number of methoxy groups -OCH3 is 1. The van der Waals surface area contributed by atoms with Crippen molar-refractivity contribution in [1.29, 1.82) is 0 Å². The van der Waals surface area contributed by atoms with Gasteiger partial charge in [0.15, 0.2) is 0 Å². The number of aliphatic hydroxyl groups excluding tert-OH is 1. The molecule has 1 rings (SSSR count). The maximum Gasteiger partial charge on any atom is 0.264 e. The van der Waals surface area contributed by atoms with Crippen LogP contribution < -0.4 is 0 Å². The van der Waals surface area contributed by atoms with Gasteiger partial charge in [-0.15, -0.1) is 11.3 Å². The molecule has 1 aromatic heterocycles. The molecular formula is C16H23NO3S. The summed E-state index contributed by atoms with van der Waals surface area (Å²) in [4.78, 5) is 16.0. The third kappa shape index (κ3) is 5.16. The fourth-order valence-electron chi connectivity index (χ4n) is 1.84. The van der Waals surface area contributed by atoms with Crippen LogP contribution in [0.2, 0.25) is 0 Å². The van der Waals surface area contributed by atoms with Gasteiger partial charge in [0.1, 0.15) is 0 Å². The molecule has 0 aliphatic heterocycles. The monoisotopic (exact) mass is 309 g/mol. The fourth-order valence-corrected chi connectivity index (χ4v) is 2.84. The number of nitrogens with zero attached hydrogens (tertiary/aromatic N) is 1. The Morgan fingerprint density at radius 2 is 2.24 bits per heavy atom. The lowest BCUT2D eigenvalue weighted by molar-refractivity contribution is 0.0639. The molecule has 1 aromatic rings. The Labute approximate surface area is 130 Å². The van der Waals surface area contributed by atoms with E-state index in [4.69, 9.17) is 9.84 Å². The van der Waals surface area contributed by atoms with Gasteiger partial charge >= 0.3 is 0 Å². The summed E-state index contributed by atoms with van der Waals surface area (Å²) in [5, 5.41) is 8.75. The van der Waals surface area contributed by atoms with Crippen molar-refractivity contribution in [3.05, 3.63) is 21.4 Å². The van der Waals surface area contributed by atoms with E-state index in [0.717, 1.165) is 10.4 Å². The van der Waals surface area contributed by atoms with E-state index in [1.807, 2.05) is 26.8 Å². The second kappa shape index (κ2) is 8.83. The quantitative estimate of drug-likeness (QED) is 0.820. The Balaban J connectivity index is 2.91. The van der Waals surface area contributed by atoms with Crippen LogP contribution >= 0.6 is 11.3 Å². The lowest BCUT2D eigenvalue weighted by Gasteiger charge is -2.25. The van der Waals surface area contributed by atoms with Gasteiger partial charge < -0.3 is 14.7 Å². The van der Waals surface area contributed by atoms with Gasteiger partial charge in [-0.2, -0.15) is 0 Å². The lowest BCUT2D eigenvalue weighted by Crippen LogP contribution is -2.38. The summed E-state index contributed by atoms with van der Waals surface area (Å²) in [5.74, 6) is 5.93. The molecule has 0 saturated carbocycles. The standard InChI is InChI=1S/C16H23NO3S/c1-12(2)17(8-10-20-4)16(19)15-11-13(3)14(21-15)7-5-6-9-18/h11-12,18H,6,8-10H2,1-4H3.